The van der Waals surface area contributed by atoms with Crippen LogP contribution in [0.15, 0.2) is 0 Å². The van der Waals surface area contributed by atoms with Gasteiger partial charge in [-0.05, 0) is 6.42 Å². The minimum Gasteiger partial charge on any atom is -0.394 e. The average Bonchev–Trinajstić information content (AvgIpc) is 2.25. The maximum absolute atomic E-state index is 8.74. The molecule has 0 aromatic rings. The molecule has 0 amide bonds. The molecule has 0 atom stereocenters. The second-order valence-electron chi connectivity index (χ2n) is 3.46. The van der Waals surface area contributed by atoms with Crippen molar-refractivity contribution in [2.24, 2.45) is 0 Å². The lowest BCUT2D eigenvalue weighted by atomic mass is 10.2. The van der Waals surface area contributed by atoms with Gasteiger partial charge in [0.25, 0.3) is 0 Å². The summed E-state index contributed by atoms with van der Waals surface area (Å²) in [4.78, 5) is 0. The van der Waals surface area contributed by atoms with E-state index in [9.17, 15) is 0 Å². The Morgan fingerprint density at radius 3 is 1.83 bits per heavy atom. The van der Waals surface area contributed by atoms with E-state index in [0.29, 0.717) is 19.8 Å². The minimum atomic E-state index is -4.67. The fraction of sp³-hybridized carbons (Fsp3) is 1.00. The van der Waals surface area contributed by atoms with E-state index in [1.54, 1.807) is 0 Å². The lowest BCUT2D eigenvalue weighted by Crippen LogP contribution is -2.07. The van der Waals surface area contributed by atoms with Crippen molar-refractivity contribution in [3.63, 3.8) is 0 Å². The quantitative estimate of drug-likeness (QED) is 0.405. The Bertz CT molecular complexity index is 223. The summed E-state index contributed by atoms with van der Waals surface area (Å²) >= 11 is 0. The lowest BCUT2D eigenvalue weighted by Gasteiger charge is -2.04. The molecule has 0 spiro atoms. The van der Waals surface area contributed by atoms with E-state index in [1.165, 1.54) is 19.3 Å². The summed E-state index contributed by atoms with van der Waals surface area (Å²) < 4.78 is 41.9. The Morgan fingerprint density at radius 2 is 1.39 bits per heavy atom. The Balaban J connectivity index is 0. The van der Waals surface area contributed by atoms with E-state index in [-0.39, 0.29) is 6.61 Å². The van der Waals surface area contributed by atoms with E-state index < -0.39 is 10.4 Å². The van der Waals surface area contributed by atoms with Gasteiger partial charge in [-0.1, -0.05) is 26.2 Å². The number of aliphatic hydroxyl groups excluding tert-OH is 1. The molecule has 0 aromatic heterocycles. The standard InChI is InChI=1S/C10H22O3.H2O4S/c1-2-3-4-5-7-12-9-10-13-8-6-11;1-5(2,3)4/h11H,2-10H2,1H3;(H2,1,2,3,4). The van der Waals surface area contributed by atoms with Gasteiger partial charge in [0.1, 0.15) is 0 Å². The molecule has 112 valence electrons. The fourth-order valence-electron chi connectivity index (χ4n) is 1.02. The predicted molar refractivity (Wildman–Crippen MR) is 67.0 cm³/mol. The number of rotatable bonds is 10. The summed E-state index contributed by atoms with van der Waals surface area (Å²) in [5.41, 5.74) is 0. The van der Waals surface area contributed by atoms with E-state index in [1.807, 2.05) is 0 Å². The van der Waals surface area contributed by atoms with Crippen molar-refractivity contribution in [1.29, 1.82) is 0 Å². The number of ether oxygens (including phenoxy) is 2. The third-order valence-corrected chi connectivity index (χ3v) is 1.75. The van der Waals surface area contributed by atoms with Crippen LogP contribution in [0, 0.1) is 0 Å². The second kappa shape index (κ2) is 14.8. The molecule has 0 fully saturated rings. The van der Waals surface area contributed by atoms with Gasteiger partial charge in [0.05, 0.1) is 26.4 Å². The van der Waals surface area contributed by atoms with Crippen LogP contribution in [0.1, 0.15) is 32.6 Å². The van der Waals surface area contributed by atoms with Crippen LogP contribution >= 0.6 is 0 Å². The summed E-state index contributed by atoms with van der Waals surface area (Å²) in [5.74, 6) is 0. The number of aliphatic hydroxyl groups is 1. The van der Waals surface area contributed by atoms with Crippen LogP contribution < -0.4 is 0 Å². The van der Waals surface area contributed by atoms with Crippen molar-refractivity contribution in [2.75, 3.05) is 33.0 Å². The van der Waals surface area contributed by atoms with E-state index >= 15 is 0 Å². The average molecular weight is 288 g/mol. The molecule has 0 aliphatic heterocycles. The first-order chi connectivity index (χ1) is 8.41. The van der Waals surface area contributed by atoms with Gasteiger partial charge in [0.15, 0.2) is 0 Å². The van der Waals surface area contributed by atoms with Crippen LogP contribution in [0.2, 0.25) is 0 Å². The zero-order valence-corrected chi connectivity index (χ0v) is 11.6. The first-order valence-electron chi connectivity index (χ1n) is 5.88. The highest BCUT2D eigenvalue weighted by Gasteiger charge is 1.90. The Labute approximate surface area is 109 Å². The van der Waals surface area contributed by atoms with E-state index in [4.69, 9.17) is 32.1 Å². The molecule has 7 nitrogen and oxygen atoms in total. The Hall–Kier alpha value is -0.250. The van der Waals surface area contributed by atoms with Crippen molar-refractivity contribution >= 4 is 10.4 Å². The first-order valence-corrected chi connectivity index (χ1v) is 7.27. The predicted octanol–water partition coefficient (Wildman–Crippen LogP) is 0.939. The van der Waals surface area contributed by atoms with Crippen LogP contribution in [0.4, 0.5) is 0 Å². The zero-order valence-electron chi connectivity index (χ0n) is 10.7. The van der Waals surface area contributed by atoms with Crippen molar-refractivity contribution in [3.8, 4) is 0 Å². The third kappa shape index (κ3) is 36.0. The number of unbranched alkanes of at least 4 members (excludes halogenated alkanes) is 3. The molecule has 0 heterocycles. The molecule has 0 saturated heterocycles. The van der Waals surface area contributed by atoms with Gasteiger partial charge in [0.2, 0.25) is 0 Å². The van der Waals surface area contributed by atoms with Gasteiger partial charge in [-0.2, -0.15) is 8.42 Å². The van der Waals surface area contributed by atoms with Gasteiger partial charge in [-0.15, -0.1) is 0 Å². The monoisotopic (exact) mass is 288 g/mol. The molecule has 0 aliphatic carbocycles. The number of hydrogen-bond donors (Lipinski definition) is 3. The normalized spacial score (nSPS) is 10.9. The second-order valence-corrected chi connectivity index (χ2v) is 4.35. The summed E-state index contributed by atoms with van der Waals surface area (Å²) in [6, 6.07) is 0. The topological polar surface area (TPSA) is 113 Å². The van der Waals surface area contributed by atoms with Gasteiger partial charge in [0, 0.05) is 6.61 Å². The third-order valence-electron chi connectivity index (χ3n) is 1.75. The Morgan fingerprint density at radius 1 is 0.889 bits per heavy atom. The van der Waals surface area contributed by atoms with Crippen LogP contribution in [-0.2, 0) is 19.9 Å². The van der Waals surface area contributed by atoms with Crippen molar-refractivity contribution in [2.45, 2.75) is 32.6 Å². The zero-order chi connectivity index (χ0) is 14.3. The Kier molecular flexibility index (Phi) is 16.5. The summed E-state index contributed by atoms with van der Waals surface area (Å²) in [5, 5.41) is 8.40. The highest BCUT2D eigenvalue weighted by atomic mass is 32.3. The highest BCUT2D eigenvalue weighted by Crippen LogP contribution is 1.98. The molecule has 0 aliphatic rings. The van der Waals surface area contributed by atoms with E-state index in [0.717, 1.165) is 13.0 Å². The van der Waals surface area contributed by atoms with Crippen molar-refractivity contribution < 1.29 is 32.1 Å². The maximum Gasteiger partial charge on any atom is 0.394 e. The molecule has 8 heteroatoms. The van der Waals surface area contributed by atoms with Crippen LogP contribution in [0.5, 0.6) is 0 Å². The molecular formula is C10H24O7S. The fourth-order valence-corrected chi connectivity index (χ4v) is 1.02. The van der Waals surface area contributed by atoms with Gasteiger partial charge in [-0.3, -0.25) is 9.11 Å². The van der Waals surface area contributed by atoms with Gasteiger partial charge >= 0.3 is 10.4 Å². The van der Waals surface area contributed by atoms with Crippen LogP contribution in [0.3, 0.4) is 0 Å². The van der Waals surface area contributed by atoms with Crippen LogP contribution in [-0.4, -0.2) is 55.7 Å². The summed E-state index contributed by atoms with van der Waals surface area (Å²) in [6.07, 6.45) is 4.96. The summed E-state index contributed by atoms with van der Waals surface area (Å²) in [7, 11) is -4.67. The van der Waals surface area contributed by atoms with E-state index in [2.05, 4.69) is 6.92 Å². The summed E-state index contributed by atoms with van der Waals surface area (Å²) in [6.45, 7) is 4.78. The lowest BCUT2D eigenvalue weighted by molar-refractivity contribution is 0.0321. The largest absolute Gasteiger partial charge is 0.394 e. The smallest absolute Gasteiger partial charge is 0.394 e. The van der Waals surface area contributed by atoms with Gasteiger partial charge < -0.3 is 14.6 Å². The molecule has 0 bridgehead atoms. The first kappa shape index (κ1) is 20.1. The van der Waals surface area contributed by atoms with Crippen molar-refractivity contribution in [3.05, 3.63) is 0 Å². The molecule has 0 aromatic carbocycles. The maximum atomic E-state index is 8.74. The molecule has 0 saturated carbocycles. The molecule has 0 unspecified atom stereocenters. The molecule has 0 radical (unpaired) electrons. The van der Waals surface area contributed by atoms with Crippen molar-refractivity contribution in [1.82, 2.24) is 0 Å². The molecule has 0 rings (SSSR count). The molecule has 18 heavy (non-hydrogen) atoms. The minimum absolute atomic E-state index is 0.0938. The van der Waals surface area contributed by atoms with Crippen LogP contribution in [0.25, 0.3) is 0 Å². The highest BCUT2D eigenvalue weighted by molar-refractivity contribution is 7.79. The molecular weight excluding hydrogens is 264 g/mol. The number of hydrogen-bond acceptors (Lipinski definition) is 5. The molecule has 3 N–H and O–H groups in total. The SMILES string of the molecule is CCCCCCOCCOCCO.O=S(=O)(O)O. The van der Waals surface area contributed by atoms with Gasteiger partial charge in [-0.25, -0.2) is 0 Å².